The molecule has 0 atom stereocenters. The van der Waals surface area contributed by atoms with Crippen LogP contribution in [0.25, 0.3) is 22.2 Å². The van der Waals surface area contributed by atoms with Gasteiger partial charge in [0.1, 0.15) is 0 Å². The third kappa shape index (κ3) is 4.80. The maximum absolute atomic E-state index is 12.7. The lowest BCUT2D eigenvalue weighted by Crippen LogP contribution is -2.36. The van der Waals surface area contributed by atoms with Gasteiger partial charge in [0.25, 0.3) is 0 Å². The molecule has 4 nitrogen and oxygen atoms in total. The minimum absolute atomic E-state index is 0.186. The third-order valence-electron chi connectivity index (χ3n) is 6.23. The highest BCUT2D eigenvalue weighted by molar-refractivity contribution is 5.85. The highest BCUT2D eigenvalue weighted by Crippen LogP contribution is 2.31. The van der Waals surface area contributed by atoms with Gasteiger partial charge in [-0.3, -0.25) is 4.79 Å². The lowest BCUT2D eigenvalue weighted by molar-refractivity contribution is -0.131. The zero-order valence-electron chi connectivity index (χ0n) is 19.2. The van der Waals surface area contributed by atoms with Gasteiger partial charge in [0.2, 0.25) is 5.91 Å². The normalized spacial score (nSPS) is 13.1. The van der Waals surface area contributed by atoms with Crippen molar-refractivity contribution < 1.29 is 4.79 Å². The number of amides is 1. The number of nitrogens with zero attached hydrogens (tertiary/aromatic N) is 3. The van der Waals surface area contributed by atoms with Crippen LogP contribution < -0.4 is 0 Å². The van der Waals surface area contributed by atoms with E-state index in [1.54, 1.807) is 0 Å². The van der Waals surface area contributed by atoms with Crippen molar-refractivity contribution in [2.45, 2.75) is 46.1 Å². The fourth-order valence-corrected chi connectivity index (χ4v) is 4.50. The third-order valence-corrected chi connectivity index (χ3v) is 6.23. The number of likely N-dealkylation sites (N-methyl/N-ethyl adjacent to an activating group) is 1. The molecule has 0 saturated carbocycles. The lowest BCUT2D eigenvalue weighted by atomic mass is 9.99. The van der Waals surface area contributed by atoms with Crippen LogP contribution in [0.4, 0.5) is 0 Å². The predicted octanol–water partition coefficient (Wildman–Crippen LogP) is 5.00. The molecule has 1 aliphatic carbocycles. The Balaban J connectivity index is 1.81. The molecule has 2 aromatic carbocycles. The second-order valence-electron chi connectivity index (χ2n) is 9.00. The average Bonchev–Trinajstić information content (AvgIpc) is 3.21. The summed E-state index contributed by atoms with van der Waals surface area (Å²) in [5, 5.41) is 1.18. The Hall–Kier alpha value is -2.72. The van der Waals surface area contributed by atoms with Crippen molar-refractivity contribution in [1.82, 2.24) is 14.8 Å². The van der Waals surface area contributed by atoms with E-state index >= 15 is 0 Å². The van der Waals surface area contributed by atoms with E-state index in [9.17, 15) is 4.79 Å². The van der Waals surface area contributed by atoms with Gasteiger partial charge >= 0.3 is 0 Å². The highest BCUT2D eigenvalue weighted by Gasteiger charge is 2.19. The molecule has 31 heavy (non-hydrogen) atoms. The predicted molar refractivity (Wildman–Crippen MR) is 128 cm³/mol. The molecule has 4 rings (SSSR count). The van der Waals surface area contributed by atoms with E-state index in [-0.39, 0.29) is 5.91 Å². The van der Waals surface area contributed by atoms with Crippen LogP contribution in [0.1, 0.15) is 42.0 Å². The summed E-state index contributed by atoms with van der Waals surface area (Å²) in [4.78, 5) is 22.0. The summed E-state index contributed by atoms with van der Waals surface area (Å²) in [6.45, 7) is 6.20. The van der Waals surface area contributed by atoms with Crippen LogP contribution in [0.3, 0.4) is 0 Å². The zero-order valence-corrected chi connectivity index (χ0v) is 19.2. The molecular weight excluding hydrogens is 382 g/mol. The number of hydrogen-bond acceptors (Lipinski definition) is 3. The van der Waals surface area contributed by atoms with Crippen molar-refractivity contribution >= 4 is 16.8 Å². The molecule has 0 aliphatic heterocycles. The van der Waals surface area contributed by atoms with Crippen LogP contribution >= 0.6 is 0 Å². The molecule has 4 heteroatoms. The van der Waals surface area contributed by atoms with Crippen molar-refractivity contribution in [1.29, 1.82) is 0 Å². The van der Waals surface area contributed by atoms with Gasteiger partial charge in [-0.15, -0.1) is 0 Å². The van der Waals surface area contributed by atoms with Gasteiger partial charge in [-0.05, 0) is 81.2 Å². The SMILES string of the molecule is CCC(=O)N(CCN(C)C)Cc1cc2cc3c(cc2nc1-c1cccc(C)c1)CCC3. The summed E-state index contributed by atoms with van der Waals surface area (Å²) in [5.41, 5.74) is 8.41. The van der Waals surface area contributed by atoms with Crippen molar-refractivity contribution in [3.8, 4) is 11.3 Å². The molecule has 0 N–H and O–H groups in total. The van der Waals surface area contributed by atoms with Crippen LogP contribution in [-0.2, 0) is 24.2 Å². The van der Waals surface area contributed by atoms with E-state index < -0.39 is 0 Å². The van der Waals surface area contributed by atoms with Gasteiger partial charge in [0, 0.05) is 37.0 Å². The fourth-order valence-electron chi connectivity index (χ4n) is 4.50. The Morgan fingerprint density at radius 3 is 2.52 bits per heavy atom. The zero-order chi connectivity index (χ0) is 22.0. The molecule has 1 aromatic heterocycles. The van der Waals surface area contributed by atoms with Gasteiger partial charge in [-0.2, -0.15) is 0 Å². The Labute approximate surface area is 185 Å². The number of carbonyl (C=O) groups is 1. The maximum Gasteiger partial charge on any atom is 0.222 e. The first-order valence-corrected chi connectivity index (χ1v) is 11.4. The number of benzene rings is 2. The number of aryl methyl sites for hydroxylation is 3. The fraction of sp³-hybridized carbons (Fsp3) is 0.407. The van der Waals surface area contributed by atoms with E-state index in [1.165, 1.54) is 28.5 Å². The van der Waals surface area contributed by atoms with Gasteiger partial charge < -0.3 is 9.80 Å². The number of carbonyl (C=O) groups excluding carboxylic acids is 1. The summed E-state index contributed by atoms with van der Waals surface area (Å²) in [6.07, 6.45) is 4.05. The largest absolute Gasteiger partial charge is 0.337 e. The number of fused-ring (bicyclic) bond motifs is 2. The summed E-state index contributed by atoms with van der Waals surface area (Å²) in [6, 6.07) is 15.4. The van der Waals surface area contributed by atoms with Gasteiger partial charge in [0.15, 0.2) is 0 Å². The van der Waals surface area contributed by atoms with Gasteiger partial charge in [-0.1, -0.05) is 30.7 Å². The van der Waals surface area contributed by atoms with Crippen LogP contribution in [0.5, 0.6) is 0 Å². The topological polar surface area (TPSA) is 36.4 Å². The molecule has 0 saturated heterocycles. The van der Waals surface area contributed by atoms with Crippen molar-refractivity contribution in [2.75, 3.05) is 27.2 Å². The molecule has 0 fully saturated rings. The molecule has 162 valence electrons. The van der Waals surface area contributed by atoms with Crippen LogP contribution in [0.2, 0.25) is 0 Å². The number of pyridine rings is 1. The molecule has 1 aliphatic rings. The number of aromatic nitrogens is 1. The van der Waals surface area contributed by atoms with E-state index in [0.29, 0.717) is 13.0 Å². The summed E-state index contributed by atoms with van der Waals surface area (Å²) in [7, 11) is 4.09. The van der Waals surface area contributed by atoms with Crippen molar-refractivity contribution in [3.63, 3.8) is 0 Å². The molecule has 1 amide bonds. The Bertz CT molecular complexity index is 1100. The van der Waals surface area contributed by atoms with E-state index in [4.69, 9.17) is 4.98 Å². The first-order valence-electron chi connectivity index (χ1n) is 11.4. The second-order valence-corrected chi connectivity index (χ2v) is 9.00. The Kier molecular flexibility index (Phi) is 6.38. The Morgan fingerprint density at radius 1 is 1.03 bits per heavy atom. The second kappa shape index (κ2) is 9.19. The van der Waals surface area contributed by atoms with E-state index in [1.807, 2.05) is 25.9 Å². The summed E-state index contributed by atoms with van der Waals surface area (Å²) >= 11 is 0. The number of hydrogen-bond donors (Lipinski definition) is 0. The number of rotatable bonds is 7. The van der Waals surface area contributed by atoms with Crippen LogP contribution in [0.15, 0.2) is 42.5 Å². The maximum atomic E-state index is 12.7. The first kappa shape index (κ1) is 21.5. The Morgan fingerprint density at radius 2 is 1.81 bits per heavy atom. The summed E-state index contributed by atoms with van der Waals surface area (Å²) < 4.78 is 0. The molecule has 1 heterocycles. The minimum Gasteiger partial charge on any atom is -0.337 e. The highest BCUT2D eigenvalue weighted by atomic mass is 16.2. The standard InChI is InChI=1S/C27H33N3O/c1-5-26(31)30(13-12-29(3)4)18-24-16-23-15-20-9-7-10-21(20)17-25(23)28-27(24)22-11-6-8-19(2)14-22/h6,8,11,14-17H,5,7,9-10,12-13,18H2,1-4H3. The molecule has 0 unspecified atom stereocenters. The van der Waals surface area contributed by atoms with Crippen molar-refractivity contribution in [2.24, 2.45) is 0 Å². The molecule has 0 spiro atoms. The van der Waals surface area contributed by atoms with E-state index in [0.717, 1.165) is 48.3 Å². The lowest BCUT2D eigenvalue weighted by Gasteiger charge is -2.25. The monoisotopic (exact) mass is 415 g/mol. The smallest absolute Gasteiger partial charge is 0.222 e. The van der Waals surface area contributed by atoms with Crippen LogP contribution in [0, 0.1) is 6.92 Å². The molecule has 0 bridgehead atoms. The molecule has 3 aromatic rings. The average molecular weight is 416 g/mol. The van der Waals surface area contributed by atoms with E-state index in [2.05, 4.69) is 54.3 Å². The van der Waals surface area contributed by atoms with Gasteiger partial charge in [0.05, 0.1) is 11.2 Å². The quantitative estimate of drug-likeness (QED) is 0.545. The minimum atomic E-state index is 0.186. The summed E-state index contributed by atoms with van der Waals surface area (Å²) in [5.74, 6) is 0.186. The molecular formula is C27H33N3O. The van der Waals surface area contributed by atoms with Crippen LogP contribution in [-0.4, -0.2) is 47.9 Å². The molecule has 0 radical (unpaired) electrons. The first-order chi connectivity index (χ1) is 14.9. The van der Waals surface area contributed by atoms with Gasteiger partial charge in [-0.25, -0.2) is 4.98 Å². The van der Waals surface area contributed by atoms with Crippen molar-refractivity contribution in [3.05, 3.63) is 64.7 Å².